The number of carbonyl (C=O) groups excluding carboxylic acids is 1. The van der Waals surface area contributed by atoms with Gasteiger partial charge in [0.1, 0.15) is 0 Å². The van der Waals surface area contributed by atoms with Gasteiger partial charge in [0.25, 0.3) is 0 Å². The van der Waals surface area contributed by atoms with Crippen molar-refractivity contribution in [2.75, 3.05) is 18.9 Å². The van der Waals surface area contributed by atoms with Gasteiger partial charge in [-0.3, -0.25) is 9.79 Å². The van der Waals surface area contributed by atoms with E-state index in [-0.39, 0.29) is 5.91 Å². The molecule has 0 spiro atoms. The van der Waals surface area contributed by atoms with E-state index in [9.17, 15) is 4.79 Å². The summed E-state index contributed by atoms with van der Waals surface area (Å²) < 4.78 is 0.942. The number of carbonyl (C=O) groups is 1. The summed E-state index contributed by atoms with van der Waals surface area (Å²) in [6.07, 6.45) is 0.358. The molecular formula is C20H25BrN4O. The van der Waals surface area contributed by atoms with Crippen LogP contribution in [0.15, 0.2) is 51.9 Å². The highest BCUT2D eigenvalue weighted by molar-refractivity contribution is 9.10. The van der Waals surface area contributed by atoms with Crippen molar-refractivity contribution in [3.8, 4) is 0 Å². The molecule has 6 heteroatoms. The Balaban J connectivity index is 1.76. The molecule has 0 saturated heterocycles. The van der Waals surface area contributed by atoms with Gasteiger partial charge in [0.05, 0.1) is 0 Å². The lowest BCUT2D eigenvalue weighted by Gasteiger charge is -2.13. The van der Waals surface area contributed by atoms with Gasteiger partial charge in [-0.05, 0) is 37.1 Å². The minimum Gasteiger partial charge on any atom is -0.356 e. The first-order chi connectivity index (χ1) is 12.5. The largest absolute Gasteiger partial charge is 0.356 e. The zero-order valence-electron chi connectivity index (χ0n) is 15.4. The Morgan fingerprint density at radius 1 is 1.12 bits per heavy atom. The topological polar surface area (TPSA) is 65.5 Å². The number of halogens is 1. The Labute approximate surface area is 163 Å². The third-order valence-electron chi connectivity index (χ3n) is 3.88. The van der Waals surface area contributed by atoms with Crippen molar-refractivity contribution >= 4 is 33.5 Å². The molecule has 138 valence electrons. The summed E-state index contributed by atoms with van der Waals surface area (Å²) in [5.41, 5.74) is 4.28. The van der Waals surface area contributed by atoms with Crippen LogP contribution >= 0.6 is 15.9 Å². The van der Waals surface area contributed by atoms with Gasteiger partial charge in [0, 0.05) is 36.7 Å². The fourth-order valence-electron chi connectivity index (χ4n) is 2.46. The molecule has 2 aromatic carbocycles. The van der Waals surface area contributed by atoms with E-state index in [0.29, 0.717) is 25.5 Å². The van der Waals surface area contributed by atoms with Crippen LogP contribution in [0.1, 0.15) is 23.1 Å². The molecule has 0 aliphatic rings. The van der Waals surface area contributed by atoms with Gasteiger partial charge in [-0.15, -0.1) is 0 Å². The van der Waals surface area contributed by atoms with Crippen molar-refractivity contribution in [3.05, 3.63) is 63.6 Å². The van der Waals surface area contributed by atoms with E-state index in [0.717, 1.165) is 15.7 Å². The fraction of sp³-hybridized carbons (Fsp3) is 0.300. The van der Waals surface area contributed by atoms with Crippen LogP contribution in [0, 0.1) is 13.8 Å². The molecule has 0 atom stereocenters. The number of anilines is 1. The van der Waals surface area contributed by atoms with Gasteiger partial charge in [0.15, 0.2) is 5.96 Å². The predicted molar refractivity (Wildman–Crippen MR) is 112 cm³/mol. The molecule has 26 heavy (non-hydrogen) atoms. The van der Waals surface area contributed by atoms with Gasteiger partial charge < -0.3 is 16.0 Å². The Bertz CT molecular complexity index is 789. The maximum absolute atomic E-state index is 12.1. The Hall–Kier alpha value is -2.34. The van der Waals surface area contributed by atoms with E-state index in [2.05, 4.69) is 62.0 Å². The number of guanidine groups is 1. The number of amides is 1. The van der Waals surface area contributed by atoms with E-state index in [1.165, 1.54) is 11.1 Å². The number of hydrogen-bond donors (Lipinski definition) is 3. The van der Waals surface area contributed by atoms with Crippen molar-refractivity contribution in [1.82, 2.24) is 10.6 Å². The summed E-state index contributed by atoms with van der Waals surface area (Å²) in [5.74, 6) is 0.644. The molecule has 2 aromatic rings. The first kappa shape index (κ1) is 20.0. The SMILES string of the molecule is CN=C(NCCC(=O)Nc1cc(Br)ccc1C)NCc1cccc(C)c1. The minimum absolute atomic E-state index is 0.0344. The molecule has 0 radical (unpaired) electrons. The number of nitrogens with zero attached hydrogens (tertiary/aromatic N) is 1. The van der Waals surface area contributed by atoms with Crippen LogP contribution in [0.2, 0.25) is 0 Å². The quantitative estimate of drug-likeness (QED) is 0.496. The summed E-state index contributed by atoms with van der Waals surface area (Å²) in [7, 11) is 1.72. The van der Waals surface area contributed by atoms with E-state index in [1.807, 2.05) is 31.2 Å². The molecule has 0 aliphatic heterocycles. The number of aliphatic imine (C=N–C) groups is 1. The molecule has 0 bridgehead atoms. The second-order valence-electron chi connectivity index (χ2n) is 6.10. The maximum atomic E-state index is 12.1. The summed E-state index contributed by atoms with van der Waals surface area (Å²) in [5, 5.41) is 9.36. The van der Waals surface area contributed by atoms with Crippen LogP contribution in [0.5, 0.6) is 0 Å². The Morgan fingerprint density at radius 2 is 1.92 bits per heavy atom. The molecule has 3 N–H and O–H groups in total. The number of aryl methyl sites for hydroxylation is 2. The standard InChI is InChI=1S/C20H25BrN4O/c1-14-5-4-6-16(11-14)13-24-20(22-3)23-10-9-19(26)25-18-12-17(21)8-7-15(18)2/h4-8,11-12H,9-10,13H2,1-3H3,(H,25,26)(H2,22,23,24). The first-order valence-electron chi connectivity index (χ1n) is 8.54. The van der Waals surface area contributed by atoms with Gasteiger partial charge in [-0.1, -0.05) is 51.8 Å². The van der Waals surface area contributed by atoms with Gasteiger partial charge in [0.2, 0.25) is 5.91 Å². The monoisotopic (exact) mass is 416 g/mol. The molecule has 5 nitrogen and oxygen atoms in total. The molecule has 1 amide bonds. The number of hydrogen-bond acceptors (Lipinski definition) is 2. The van der Waals surface area contributed by atoms with Crippen LogP contribution < -0.4 is 16.0 Å². The highest BCUT2D eigenvalue weighted by atomic mass is 79.9. The van der Waals surface area contributed by atoms with Gasteiger partial charge in [-0.25, -0.2) is 0 Å². The van der Waals surface area contributed by atoms with Gasteiger partial charge >= 0.3 is 0 Å². The molecular weight excluding hydrogens is 392 g/mol. The van der Waals surface area contributed by atoms with Crippen LogP contribution in [-0.2, 0) is 11.3 Å². The smallest absolute Gasteiger partial charge is 0.226 e. The van der Waals surface area contributed by atoms with E-state index in [1.54, 1.807) is 7.05 Å². The highest BCUT2D eigenvalue weighted by Gasteiger charge is 2.06. The minimum atomic E-state index is -0.0344. The van der Waals surface area contributed by atoms with Crippen molar-refractivity contribution in [2.24, 2.45) is 4.99 Å². The lowest BCUT2D eigenvalue weighted by atomic mass is 10.1. The third-order valence-corrected chi connectivity index (χ3v) is 4.38. The second kappa shape index (κ2) is 9.97. The Kier molecular flexibility index (Phi) is 7.66. The summed E-state index contributed by atoms with van der Waals surface area (Å²) in [6, 6.07) is 14.1. The second-order valence-corrected chi connectivity index (χ2v) is 7.01. The van der Waals surface area contributed by atoms with E-state index >= 15 is 0 Å². The molecule has 0 fully saturated rings. The van der Waals surface area contributed by atoms with Crippen LogP contribution in [0.4, 0.5) is 5.69 Å². The first-order valence-corrected chi connectivity index (χ1v) is 9.33. The normalized spacial score (nSPS) is 11.2. The molecule has 2 rings (SSSR count). The highest BCUT2D eigenvalue weighted by Crippen LogP contribution is 2.20. The van der Waals surface area contributed by atoms with E-state index in [4.69, 9.17) is 0 Å². The third kappa shape index (κ3) is 6.52. The predicted octanol–water partition coefficient (Wildman–Crippen LogP) is 3.76. The fourth-order valence-corrected chi connectivity index (χ4v) is 2.83. The van der Waals surface area contributed by atoms with Crippen molar-refractivity contribution in [3.63, 3.8) is 0 Å². The summed E-state index contributed by atoms with van der Waals surface area (Å²) in [6.45, 7) is 5.23. The molecule has 0 heterocycles. The Morgan fingerprint density at radius 3 is 2.65 bits per heavy atom. The molecule has 0 saturated carbocycles. The summed E-state index contributed by atoms with van der Waals surface area (Å²) in [4.78, 5) is 16.3. The zero-order valence-corrected chi connectivity index (χ0v) is 17.0. The zero-order chi connectivity index (χ0) is 18.9. The lowest BCUT2D eigenvalue weighted by Crippen LogP contribution is -2.38. The number of benzene rings is 2. The average molecular weight is 417 g/mol. The molecule has 0 aliphatic carbocycles. The number of rotatable bonds is 6. The van der Waals surface area contributed by atoms with Crippen LogP contribution in [0.3, 0.4) is 0 Å². The average Bonchev–Trinajstić information content (AvgIpc) is 2.61. The van der Waals surface area contributed by atoms with Crippen molar-refractivity contribution < 1.29 is 4.79 Å². The van der Waals surface area contributed by atoms with Crippen LogP contribution in [-0.4, -0.2) is 25.5 Å². The van der Waals surface area contributed by atoms with E-state index < -0.39 is 0 Å². The summed E-state index contributed by atoms with van der Waals surface area (Å²) >= 11 is 3.42. The number of nitrogens with one attached hydrogen (secondary N) is 3. The molecule has 0 aromatic heterocycles. The van der Waals surface area contributed by atoms with Gasteiger partial charge in [-0.2, -0.15) is 0 Å². The van der Waals surface area contributed by atoms with Crippen molar-refractivity contribution in [1.29, 1.82) is 0 Å². The lowest BCUT2D eigenvalue weighted by molar-refractivity contribution is -0.116. The maximum Gasteiger partial charge on any atom is 0.226 e. The molecule has 0 unspecified atom stereocenters. The van der Waals surface area contributed by atoms with Crippen LogP contribution in [0.25, 0.3) is 0 Å². The van der Waals surface area contributed by atoms with Crippen molar-refractivity contribution in [2.45, 2.75) is 26.8 Å².